The SMILES string of the molecule is Cc1cc(C(=O)Nc2cccc(C(=O)NC3CC3)c2)c2cnn(C(C)C)c2n1. The lowest BCUT2D eigenvalue weighted by atomic mass is 10.1. The van der Waals surface area contributed by atoms with Crippen LogP contribution in [0.15, 0.2) is 36.5 Å². The van der Waals surface area contributed by atoms with Gasteiger partial charge in [-0.25, -0.2) is 9.67 Å². The quantitative estimate of drug-likeness (QED) is 0.713. The first-order chi connectivity index (χ1) is 13.4. The summed E-state index contributed by atoms with van der Waals surface area (Å²) in [5.41, 5.74) is 3.07. The third-order valence-corrected chi connectivity index (χ3v) is 4.72. The van der Waals surface area contributed by atoms with Crippen molar-refractivity contribution in [3.05, 3.63) is 53.3 Å². The Hall–Kier alpha value is -3.22. The molecule has 144 valence electrons. The molecule has 1 saturated carbocycles. The Labute approximate surface area is 163 Å². The Morgan fingerprint density at radius 3 is 2.68 bits per heavy atom. The molecule has 2 aromatic heterocycles. The molecule has 3 aromatic rings. The highest BCUT2D eigenvalue weighted by atomic mass is 16.2. The maximum absolute atomic E-state index is 13.0. The van der Waals surface area contributed by atoms with Crippen molar-refractivity contribution in [2.24, 2.45) is 0 Å². The number of hydrogen-bond acceptors (Lipinski definition) is 4. The van der Waals surface area contributed by atoms with Gasteiger partial charge in [0.2, 0.25) is 0 Å². The number of carbonyl (C=O) groups excluding carboxylic acids is 2. The second-order valence-corrected chi connectivity index (χ2v) is 7.51. The molecule has 0 aliphatic heterocycles. The molecule has 0 spiro atoms. The topological polar surface area (TPSA) is 88.9 Å². The van der Waals surface area contributed by atoms with Crippen molar-refractivity contribution >= 4 is 28.5 Å². The predicted octanol–water partition coefficient (Wildman–Crippen LogP) is 3.47. The molecular weight excluding hydrogens is 354 g/mol. The number of aromatic nitrogens is 3. The van der Waals surface area contributed by atoms with Gasteiger partial charge in [-0.3, -0.25) is 9.59 Å². The van der Waals surface area contributed by atoms with Crippen LogP contribution < -0.4 is 10.6 Å². The molecule has 1 aliphatic carbocycles. The summed E-state index contributed by atoms with van der Waals surface area (Å²) in [6.45, 7) is 5.90. The summed E-state index contributed by atoms with van der Waals surface area (Å²) >= 11 is 0. The average molecular weight is 377 g/mol. The van der Waals surface area contributed by atoms with Crippen molar-refractivity contribution in [3.63, 3.8) is 0 Å². The van der Waals surface area contributed by atoms with Gasteiger partial charge in [-0.2, -0.15) is 5.10 Å². The van der Waals surface area contributed by atoms with E-state index >= 15 is 0 Å². The Morgan fingerprint density at radius 2 is 1.96 bits per heavy atom. The van der Waals surface area contributed by atoms with E-state index in [0.29, 0.717) is 27.8 Å². The zero-order valence-electron chi connectivity index (χ0n) is 16.2. The van der Waals surface area contributed by atoms with Crippen molar-refractivity contribution in [1.82, 2.24) is 20.1 Å². The van der Waals surface area contributed by atoms with Gasteiger partial charge < -0.3 is 10.6 Å². The molecule has 28 heavy (non-hydrogen) atoms. The first-order valence-corrected chi connectivity index (χ1v) is 9.49. The number of aryl methyl sites for hydroxylation is 1. The fourth-order valence-electron chi connectivity index (χ4n) is 3.14. The smallest absolute Gasteiger partial charge is 0.256 e. The number of amides is 2. The van der Waals surface area contributed by atoms with Crippen LogP contribution in [0.5, 0.6) is 0 Å². The Kier molecular flexibility index (Phi) is 4.58. The fraction of sp³-hybridized carbons (Fsp3) is 0.333. The Morgan fingerprint density at radius 1 is 1.18 bits per heavy atom. The molecule has 0 unspecified atom stereocenters. The van der Waals surface area contributed by atoms with Crippen LogP contribution in [-0.4, -0.2) is 32.6 Å². The van der Waals surface area contributed by atoms with Crippen LogP contribution in [0.1, 0.15) is 59.1 Å². The minimum Gasteiger partial charge on any atom is -0.349 e. The number of rotatable bonds is 5. The summed E-state index contributed by atoms with van der Waals surface area (Å²) in [4.78, 5) is 29.7. The van der Waals surface area contributed by atoms with E-state index in [1.54, 1.807) is 36.5 Å². The van der Waals surface area contributed by atoms with Gasteiger partial charge in [-0.05, 0) is 57.9 Å². The molecule has 1 aliphatic rings. The lowest BCUT2D eigenvalue weighted by Gasteiger charge is -2.10. The maximum atomic E-state index is 13.0. The zero-order valence-corrected chi connectivity index (χ0v) is 16.2. The molecule has 0 bridgehead atoms. The first kappa shape index (κ1) is 18.2. The van der Waals surface area contributed by atoms with Gasteiger partial charge in [0.1, 0.15) is 0 Å². The van der Waals surface area contributed by atoms with Crippen LogP contribution in [0, 0.1) is 6.92 Å². The number of nitrogens with zero attached hydrogens (tertiary/aromatic N) is 3. The maximum Gasteiger partial charge on any atom is 0.256 e. The van der Waals surface area contributed by atoms with Crippen molar-refractivity contribution in [1.29, 1.82) is 0 Å². The van der Waals surface area contributed by atoms with E-state index in [9.17, 15) is 9.59 Å². The molecule has 1 aromatic carbocycles. The molecule has 4 rings (SSSR count). The minimum absolute atomic E-state index is 0.112. The molecule has 7 nitrogen and oxygen atoms in total. The number of hydrogen-bond donors (Lipinski definition) is 2. The van der Waals surface area contributed by atoms with Crippen LogP contribution in [-0.2, 0) is 0 Å². The van der Waals surface area contributed by atoms with E-state index in [1.165, 1.54) is 0 Å². The highest BCUT2D eigenvalue weighted by Crippen LogP contribution is 2.23. The second kappa shape index (κ2) is 7.07. The highest BCUT2D eigenvalue weighted by Gasteiger charge is 2.24. The number of carbonyl (C=O) groups is 2. The summed E-state index contributed by atoms with van der Waals surface area (Å²) in [5, 5.41) is 10.9. The van der Waals surface area contributed by atoms with Crippen LogP contribution in [0.25, 0.3) is 11.0 Å². The average Bonchev–Trinajstić information content (AvgIpc) is 3.36. The van der Waals surface area contributed by atoms with Crippen molar-refractivity contribution in [3.8, 4) is 0 Å². The number of anilines is 1. The third kappa shape index (κ3) is 3.60. The largest absolute Gasteiger partial charge is 0.349 e. The van der Waals surface area contributed by atoms with Gasteiger partial charge >= 0.3 is 0 Å². The van der Waals surface area contributed by atoms with Crippen LogP contribution in [0.4, 0.5) is 5.69 Å². The third-order valence-electron chi connectivity index (χ3n) is 4.72. The summed E-state index contributed by atoms with van der Waals surface area (Å²) < 4.78 is 1.81. The van der Waals surface area contributed by atoms with Gasteiger partial charge in [-0.1, -0.05) is 6.07 Å². The fourth-order valence-corrected chi connectivity index (χ4v) is 3.14. The van der Waals surface area contributed by atoms with E-state index < -0.39 is 0 Å². The van der Waals surface area contributed by atoms with Crippen molar-refractivity contribution in [2.75, 3.05) is 5.32 Å². The number of fused-ring (bicyclic) bond motifs is 1. The Bertz CT molecular complexity index is 1070. The van der Waals surface area contributed by atoms with Gasteiger partial charge in [0.25, 0.3) is 11.8 Å². The number of benzene rings is 1. The standard InChI is InChI=1S/C21H23N5O2/c1-12(2)26-19-18(11-22-26)17(9-13(3)23-19)21(28)25-16-6-4-5-14(10-16)20(27)24-15-7-8-15/h4-6,9-12,15H,7-8H2,1-3H3,(H,24,27)(H,25,28). The van der Waals surface area contributed by atoms with Gasteiger partial charge in [0, 0.05) is 29.0 Å². The normalized spacial score (nSPS) is 13.7. The highest BCUT2D eigenvalue weighted by molar-refractivity contribution is 6.12. The predicted molar refractivity (Wildman–Crippen MR) is 108 cm³/mol. The number of nitrogens with one attached hydrogen (secondary N) is 2. The van der Waals surface area contributed by atoms with Gasteiger partial charge in [0.05, 0.1) is 17.1 Å². The van der Waals surface area contributed by atoms with Crippen LogP contribution in [0.2, 0.25) is 0 Å². The van der Waals surface area contributed by atoms with Crippen molar-refractivity contribution in [2.45, 2.75) is 45.7 Å². The molecule has 7 heteroatoms. The molecule has 0 atom stereocenters. The lowest BCUT2D eigenvalue weighted by Crippen LogP contribution is -2.25. The van der Waals surface area contributed by atoms with E-state index in [4.69, 9.17) is 0 Å². The van der Waals surface area contributed by atoms with Crippen LogP contribution >= 0.6 is 0 Å². The summed E-state index contributed by atoms with van der Waals surface area (Å²) in [6.07, 6.45) is 3.74. The lowest BCUT2D eigenvalue weighted by molar-refractivity contribution is 0.0949. The number of pyridine rings is 1. The van der Waals surface area contributed by atoms with Gasteiger partial charge in [-0.15, -0.1) is 0 Å². The summed E-state index contributed by atoms with van der Waals surface area (Å²) in [5.74, 6) is -0.363. The molecule has 0 saturated heterocycles. The monoisotopic (exact) mass is 377 g/mol. The summed E-state index contributed by atoms with van der Waals surface area (Å²) in [6, 6.07) is 9.16. The summed E-state index contributed by atoms with van der Waals surface area (Å²) in [7, 11) is 0. The van der Waals surface area contributed by atoms with Crippen molar-refractivity contribution < 1.29 is 9.59 Å². The molecular formula is C21H23N5O2. The zero-order chi connectivity index (χ0) is 19.8. The molecule has 0 radical (unpaired) electrons. The van der Waals surface area contributed by atoms with Gasteiger partial charge in [0.15, 0.2) is 5.65 Å². The van der Waals surface area contributed by atoms with E-state index in [0.717, 1.165) is 18.5 Å². The molecule has 2 N–H and O–H groups in total. The van der Waals surface area contributed by atoms with E-state index in [-0.39, 0.29) is 23.9 Å². The Balaban J connectivity index is 1.61. The minimum atomic E-state index is -0.251. The van der Waals surface area contributed by atoms with E-state index in [1.807, 2.05) is 25.5 Å². The van der Waals surface area contributed by atoms with Crippen LogP contribution in [0.3, 0.4) is 0 Å². The molecule has 1 fully saturated rings. The molecule has 2 heterocycles. The second-order valence-electron chi connectivity index (χ2n) is 7.51. The molecule has 2 amide bonds. The first-order valence-electron chi connectivity index (χ1n) is 9.49. The van der Waals surface area contributed by atoms with E-state index in [2.05, 4.69) is 20.7 Å².